The Hall–Kier alpha value is -2.76. The van der Waals surface area contributed by atoms with E-state index in [-0.39, 0.29) is 24.5 Å². The van der Waals surface area contributed by atoms with E-state index < -0.39 is 0 Å². The highest BCUT2D eigenvalue weighted by Gasteiger charge is 2.33. The first-order chi connectivity index (χ1) is 13.1. The zero-order valence-electron chi connectivity index (χ0n) is 16.3. The normalized spacial score (nSPS) is 16.0. The van der Waals surface area contributed by atoms with Gasteiger partial charge in [-0.05, 0) is 44.0 Å². The Morgan fingerprint density at radius 3 is 2.63 bits per heavy atom. The predicted octanol–water partition coefficient (Wildman–Crippen LogP) is 2.78. The molecular formula is C21H28N4O2. The van der Waals surface area contributed by atoms with Crippen molar-refractivity contribution in [3.05, 3.63) is 59.4 Å². The van der Waals surface area contributed by atoms with Gasteiger partial charge in [-0.3, -0.25) is 4.79 Å². The van der Waals surface area contributed by atoms with E-state index >= 15 is 0 Å². The topological polar surface area (TPSA) is 57.6 Å². The monoisotopic (exact) mass is 368 g/mol. The molecule has 0 aliphatic carbocycles. The van der Waals surface area contributed by atoms with Crippen LogP contribution in [0.4, 0.5) is 4.79 Å². The van der Waals surface area contributed by atoms with Crippen molar-refractivity contribution in [2.45, 2.75) is 33.4 Å². The SMILES string of the molecule is CCNC(=O)N(CC)CC(=O)N1CCn2cccc2[C@@H]1c1ccccc1C. The zero-order valence-corrected chi connectivity index (χ0v) is 16.3. The van der Waals surface area contributed by atoms with Gasteiger partial charge in [-0.25, -0.2) is 4.79 Å². The number of urea groups is 1. The maximum absolute atomic E-state index is 13.2. The van der Waals surface area contributed by atoms with Crippen molar-refractivity contribution in [1.82, 2.24) is 19.7 Å². The van der Waals surface area contributed by atoms with Gasteiger partial charge in [-0.2, -0.15) is 0 Å². The standard InChI is InChI=1S/C21H28N4O2/c1-4-22-21(27)23(5-2)15-19(26)25-14-13-24-12-8-11-18(24)20(25)17-10-7-6-9-16(17)3/h6-12,20H,4-5,13-15H2,1-3H3,(H,22,27)/t20-/m0/s1. The molecule has 6 nitrogen and oxygen atoms in total. The molecule has 1 aromatic heterocycles. The smallest absolute Gasteiger partial charge is 0.317 e. The lowest BCUT2D eigenvalue weighted by molar-refractivity contribution is -0.134. The Labute approximate surface area is 160 Å². The fourth-order valence-corrected chi connectivity index (χ4v) is 3.72. The summed E-state index contributed by atoms with van der Waals surface area (Å²) in [5.74, 6) is -0.0243. The highest BCUT2D eigenvalue weighted by atomic mass is 16.2. The largest absolute Gasteiger partial charge is 0.348 e. The Kier molecular flexibility index (Phi) is 5.84. The summed E-state index contributed by atoms with van der Waals surface area (Å²) < 4.78 is 2.21. The fraction of sp³-hybridized carbons (Fsp3) is 0.429. The number of fused-ring (bicyclic) bond motifs is 1. The van der Waals surface area contributed by atoms with Gasteiger partial charge < -0.3 is 19.7 Å². The van der Waals surface area contributed by atoms with E-state index in [4.69, 9.17) is 0 Å². The van der Waals surface area contributed by atoms with Crippen LogP contribution in [-0.2, 0) is 11.3 Å². The number of aryl methyl sites for hydroxylation is 1. The molecule has 144 valence electrons. The third kappa shape index (κ3) is 3.84. The number of amides is 3. The summed E-state index contributed by atoms with van der Waals surface area (Å²) in [6, 6.07) is 12.0. The second-order valence-electron chi connectivity index (χ2n) is 6.82. The molecule has 1 aliphatic rings. The van der Waals surface area contributed by atoms with E-state index in [2.05, 4.69) is 41.2 Å². The molecule has 0 fully saturated rings. The van der Waals surface area contributed by atoms with Crippen molar-refractivity contribution >= 4 is 11.9 Å². The molecule has 0 unspecified atom stereocenters. The first kappa shape index (κ1) is 19.0. The van der Waals surface area contributed by atoms with Crippen LogP contribution in [0.3, 0.4) is 0 Å². The van der Waals surface area contributed by atoms with Crippen LogP contribution < -0.4 is 5.32 Å². The van der Waals surface area contributed by atoms with Crippen LogP contribution in [0, 0.1) is 6.92 Å². The molecule has 0 spiro atoms. The third-order valence-corrected chi connectivity index (χ3v) is 5.16. The Morgan fingerprint density at radius 1 is 1.15 bits per heavy atom. The van der Waals surface area contributed by atoms with Gasteiger partial charge in [-0.15, -0.1) is 0 Å². The number of nitrogens with zero attached hydrogens (tertiary/aromatic N) is 3. The molecule has 0 saturated carbocycles. The molecule has 6 heteroatoms. The van der Waals surface area contributed by atoms with E-state index in [0.29, 0.717) is 19.6 Å². The summed E-state index contributed by atoms with van der Waals surface area (Å²) in [6.07, 6.45) is 2.06. The number of carbonyl (C=O) groups is 2. The van der Waals surface area contributed by atoms with Gasteiger partial charge >= 0.3 is 6.03 Å². The molecule has 0 radical (unpaired) electrons. The van der Waals surface area contributed by atoms with Crippen molar-refractivity contribution in [2.75, 3.05) is 26.2 Å². The summed E-state index contributed by atoms with van der Waals surface area (Å²) in [4.78, 5) is 28.9. The molecule has 0 saturated heterocycles. The number of benzene rings is 1. The molecular weight excluding hydrogens is 340 g/mol. The second-order valence-corrected chi connectivity index (χ2v) is 6.82. The van der Waals surface area contributed by atoms with Crippen LogP contribution in [0.2, 0.25) is 0 Å². The minimum atomic E-state index is -0.193. The Morgan fingerprint density at radius 2 is 1.93 bits per heavy atom. The van der Waals surface area contributed by atoms with E-state index in [0.717, 1.165) is 23.4 Å². The van der Waals surface area contributed by atoms with Crippen molar-refractivity contribution in [3.8, 4) is 0 Å². The number of hydrogen-bond donors (Lipinski definition) is 1. The van der Waals surface area contributed by atoms with E-state index in [1.807, 2.05) is 36.9 Å². The van der Waals surface area contributed by atoms with Gasteiger partial charge in [-0.1, -0.05) is 24.3 Å². The summed E-state index contributed by atoms with van der Waals surface area (Å²) >= 11 is 0. The second kappa shape index (κ2) is 8.29. The highest BCUT2D eigenvalue weighted by Crippen LogP contribution is 2.34. The summed E-state index contributed by atoms with van der Waals surface area (Å²) in [5, 5.41) is 2.78. The number of aromatic nitrogens is 1. The van der Waals surface area contributed by atoms with Crippen LogP contribution in [0.25, 0.3) is 0 Å². The summed E-state index contributed by atoms with van der Waals surface area (Å²) in [6.45, 7) is 8.38. The molecule has 2 aromatic rings. The molecule has 2 heterocycles. The molecule has 1 aromatic carbocycles. The van der Waals surface area contributed by atoms with E-state index in [1.54, 1.807) is 4.90 Å². The number of hydrogen-bond acceptors (Lipinski definition) is 2. The van der Waals surface area contributed by atoms with Crippen LogP contribution in [-0.4, -0.2) is 52.5 Å². The van der Waals surface area contributed by atoms with Gasteiger partial charge in [0.1, 0.15) is 6.54 Å². The van der Waals surface area contributed by atoms with E-state index in [1.165, 1.54) is 0 Å². The predicted molar refractivity (Wildman–Crippen MR) is 105 cm³/mol. The van der Waals surface area contributed by atoms with E-state index in [9.17, 15) is 9.59 Å². The van der Waals surface area contributed by atoms with Gasteiger partial charge in [0, 0.05) is 38.1 Å². The van der Waals surface area contributed by atoms with Gasteiger partial charge in [0.2, 0.25) is 5.91 Å². The van der Waals surface area contributed by atoms with Gasteiger partial charge in [0.05, 0.1) is 6.04 Å². The average molecular weight is 368 g/mol. The summed E-state index contributed by atoms with van der Waals surface area (Å²) in [5.41, 5.74) is 3.41. The maximum atomic E-state index is 13.2. The van der Waals surface area contributed by atoms with Crippen LogP contribution in [0.1, 0.15) is 36.7 Å². The first-order valence-electron chi connectivity index (χ1n) is 9.59. The minimum Gasteiger partial charge on any atom is -0.348 e. The average Bonchev–Trinajstić information content (AvgIpc) is 3.14. The fourth-order valence-electron chi connectivity index (χ4n) is 3.72. The molecule has 1 atom stereocenters. The van der Waals surface area contributed by atoms with Crippen molar-refractivity contribution in [3.63, 3.8) is 0 Å². The Bertz CT molecular complexity index is 814. The number of likely N-dealkylation sites (N-methyl/N-ethyl adjacent to an activating group) is 1. The lowest BCUT2D eigenvalue weighted by atomic mass is 9.95. The number of nitrogens with one attached hydrogen (secondary N) is 1. The Balaban J connectivity index is 1.90. The molecule has 3 rings (SSSR count). The lowest BCUT2D eigenvalue weighted by Gasteiger charge is -2.39. The molecule has 0 bridgehead atoms. The number of carbonyl (C=O) groups excluding carboxylic acids is 2. The van der Waals surface area contributed by atoms with Crippen molar-refractivity contribution in [2.24, 2.45) is 0 Å². The number of rotatable bonds is 5. The first-order valence-corrected chi connectivity index (χ1v) is 9.59. The molecule has 1 aliphatic heterocycles. The zero-order chi connectivity index (χ0) is 19.4. The molecule has 3 amide bonds. The van der Waals surface area contributed by atoms with Crippen LogP contribution in [0.5, 0.6) is 0 Å². The van der Waals surface area contributed by atoms with Crippen molar-refractivity contribution < 1.29 is 9.59 Å². The summed E-state index contributed by atoms with van der Waals surface area (Å²) in [7, 11) is 0. The third-order valence-electron chi connectivity index (χ3n) is 5.16. The van der Waals surface area contributed by atoms with Crippen LogP contribution >= 0.6 is 0 Å². The highest BCUT2D eigenvalue weighted by molar-refractivity contribution is 5.84. The molecule has 27 heavy (non-hydrogen) atoms. The maximum Gasteiger partial charge on any atom is 0.317 e. The molecule has 1 N–H and O–H groups in total. The van der Waals surface area contributed by atoms with Gasteiger partial charge in [0.25, 0.3) is 0 Å². The van der Waals surface area contributed by atoms with Gasteiger partial charge in [0.15, 0.2) is 0 Å². The minimum absolute atomic E-state index is 0.0243. The quantitative estimate of drug-likeness (QED) is 0.882. The lowest BCUT2D eigenvalue weighted by Crippen LogP contribution is -2.49. The van der Waals surface area contributed by atoms with Crippen molar-refractivity contribution in [1.29, 1.82) is 0 Å². The van der Waals surface area contributed by atoms with Crippen LogP contribution in [0.15, 0.2) is 42.6 Å².